The SMILES string of the molecule is O=C(CCC/C=C/C[C@@H]1[C@@H](/C=C/C(F)(F)COc2ccccc2)[C@H](O)C[C@@H]1O)OCCNC(=O)OCCCCO[N+](=O)[O-]. The summed E-state index contributed by atoms with van der Waals surface area (Å²) >= 11 is 0. The van der Waals surface area contributed by atoms with Gasteiger partial charge in [-0.05, 0) is 56.2 Å². The molecular weight excluding hydrogens is 574 g/mol. The third-order valence-corrected chi connectivity index (χ3v) is 6.58. The minimum Gasteiger partial charge on any atom is -0.487 e. The van der Waals surface area contributed by atoms with Crippen LogP contribution in [0.3, 0.4) is 0 Å². The number of esters is 1. The van der Waals surface area contributed by atoms with Crippen LogP contribution in [-0.4, -0.2) is 78.5 Å². The molecule has 1 amide bonds. The summed E-state index contributed by atoms with van der Waals surface area (Å²) in [5, 5.41) is 32.2. The van der Waals surface area contributed by atoms with Crippen LogP contribution in [0, 0.1) is 22.0 Å². The number of carbonyl (C=O) groups excluding carboxylic acids is 2. The molecule has 3 N–H and O–H groups in total. The molecular formula is C29H40F2N2O10. The number of rotatable bonds is 20. The second kappa shape index (κ2) is 19.4. The number of allylic oxidation sites excluding steroid dienone is 2. The zero-order valence-electron chi connectivity index (χ0n) is 23.9. The van der Waals surface area contributed by atoms with Crippen LogP contribution in [0.15, 0.2) is 54.6 Å². The molecule has 2 rings (SSSR count). The van der Waals surface area contributed by atoms with E-state index in [1.165, 1.54) is 6.08 Å². The number of hydrogen-bond donors (Lipinski definition) is 3. The van der Waals surface area contributed by atoms with Crippen molar-refractivity contribution in [2.45, 2.75) is 63.1 Å². The molecule has 0 radical (unpaired) electrons. The summed E-state index contributed by atoms with van der Waals surface area (Å²) in [6, 6.07) is 8.27. The molecule has 4 atom stereocenters. The number of ether oxygens (including phenoxy) is 3. The summed E-state index contributed by atoms with van der Waals surface area (Å²) in [7, 11) is 0. The average molecular weight is 615 g/mol. The molecule has 0 heterocycles. The number of hydrogen-bond acceptors (Lipinski definition) is 10. The van der Waals surface area contributed by atoms with Crippen LogP contribution >= 0.6 is 0 Å². The van der Waals surface area contributed by atoms with Crippen molar-refractivity contribution in [3.63, 3.8) is 0 Å². The smallest absolute Gasteiger partial charge is 0.407 e. The highest BCUT2D eigenvalue weighted by molar-refractivity contribution is 5.69. The van der Waals surface area contributed by atoms with Gasteiger partial charge in [-0.25, -0.2) is 4.79 Å². The van der Waals surface area contributed by atoms with Crippen LogP contribution in [-0.2, 0) is 19.1 Å². The highest BCUT2D eigenvalue weighted by atomic mass is 19.3. The molecule has 1 aliphatic carbocycles. The molecule has 12 nitrogen and oxygen atoms in total. The Kier molecular flexibility index (Phi) is 16.0. The van der Waals surface area contributed by atoms with Gasteiger partial charge in [-0.3, -0.25) is 4.79 Å². The Morgan fingerprint density at radius 2 is 1.79 bits per heavy atom. The number of nitrogens with one attached hydrogen (secondary N) is 1. The van der Waals surface area contributed by atoms with Gasteiger partial charge in [-0.2, -0.15) is 8.78 Å². The van der Waals surface area contributed by atoms with Crippen LogP contribution in [0.25, 0.3) is 0 Å². The number of amides is 1. The molecule has 1 aromatic carbocycles. The van der Waals surface area contributed by atoms with E-state index in [1.54, 1.807) is 36.4 Å². The number of para-hydroxylation sites is 1. The highest BCUT2D eigenvalue weighted by Gasteiger charge is 2.40. The summed E-state index contributed by atoms with van der Waals surface area (Å²) in [4.78, 5) is 37.5. The van der Waals surface area contributed by atoms with Gasteiger partial charge in [0.25, 0.3) is 11.0 Å². The summed E-state index contributed by atoms with van der Waals surface area (Å²) in [5.74, 6) is -4.44. The quantitative estimate of drug-likeness (QED) is 0.0643. The van der Waals surface area contributed by atoms with E-state index in [1.807, 2.05) is 6.08 Å². The van der Waals surface area contributed by atoms with Crippen molar-refractivity contribution < 1.29 is 52.7 Å². The molecule has 1 aliphatic rings. The predicted molar refractivity (Wildman–Crippen MR) is 150 cm³/mol. The Balaban J connectivity index is 1.59. The second-order valence-electron chi connectivity index (χ2n) is 9.98. The Hall–Kier alpha value is -3.78. The van der Waals surface area contributed by atoms with Crippen LogP contribution in [0.5, 0.6) is 5.75 Å². The molecule has 43 heavy (non-hydrogen) atoms. The average Bonchev–Trinajstić information content (AvgIpc) is 3.24. The largest absolute Gasteiger partial charge is 0.487 e. The van der Waals surface area contributed by atoms with Crippen LogP contribution < -0.4 is 10.1 Å². The molecule has 1 saturated carbocycles. The molecule has 1 fully saturated rings. The maximum absolute atomic E-state index is 14.4. The number of halogens is 2. The van der Waals surface area contributed by atoms with Crippen molar-refractivity contribution in [3.05, 3.63) is 64.8 Å². The van der Waals surface area contributed by atoms with Gasteiger partial charge in [0.05, 0.1) is 32.0 Å². The van der Waals surface area contributed by atoms with Crippen LogP contribution in [0.4, 0.5) is 13.6 Å². The van der Waals surface area contributed by atoms with Crippen molar-refractivity contribution in [2.75, 3.05) is 33.0 Å². The molecule has 0 aliphatic heterocycles. The lowest BCUT2D eigenvalue weighted by molar-refractivity contribution is -0.757. The highest BCUT2D eigenvalue weighted by Crippen LogP contribution is 2.37. The number of carbonyl (C=O) groups is 2. The summed E-state index contributed by atoms with van der Waals surface area (Å²) in [6.45, 7) is -0.826. The van der Waals surface area contributed by atoms with E-state index < -0.39 is 53.7 Å². The first-order valence-electron chi connectivity index (χ1n) is 14.2. The normalized spacial score (nSPS) is 20.3. The number of aliphatic hydroxyl groups excluding tert-OH is 2. The Morgan fingerprint density at radius 1 is 1.05 bits per heavy atom. The number of nitrogens with zero attached hydrogens (tertiary/aromatic N) is 1. The number of benzene rings is 1. The molecule has 14 heteroatoms. The summed E-state index contributed by atoms with van der Waals surface area (Å²) < 4.78 is 43.8. The molecule has 1 aromatic rings. The maximum atomic E-state index is 14.4. The summed E-state index contributed by atoms with van der Waals surface area (Å²) in [6.07, 6.45) is 5.58. The third kappa shape index (κ3) is 15.3. The van der Waals surface area contributed by atoms with E-state index in [-0.39, 0.29) is 39.2 Å². The van der Waals surface area contributed by atoms with E-state index in [9.17, 15) is 38.7 Å². The van der Waals surface area contributed by atoms with Crippen molar-refractivity contribution in [3.8, 4) is 5.75 Å². The first-order chi connectivity index (χ1) is 20.6. The zero-order chi connectivity index (χ0) is 31.5. The van der Waals surface area contributed by atoms with E-state index in [4.69, 9.17) is 14.2 Å². The Morgan fingerprint density at radius 3 is 2.53 bits per heavy atom. The maximum Gasteiger partial charge on any atom is 0.407 e. The molecule has 0 aromatic heterocycles. The Bertz CT molecular complexity index is 1040. The van der Waals surface area contributed by atoms with Crippen molar-refractivity contribution >= 4 is 12.1 Å². The van der Waals surface area contributed by atoms with Crippen LogP contribution in [0.1, 0.15) is 44.9 Å². The van der Waals surface area contributed by atoms with Crippen LogP contribution in [0.2, 0.25) is 0 Å². The molecule has 0 saturated heterocycles. The fraction of sp³-hybridized carbons (Fsp3) is 0.586. The van der Waals surface area contributed by atoms with Crippen molar-refractivity contribution in [1.29, 1.82) is 0 Å². The fourth-order valence-electron chi connectivity index (χ4n) is 4.39. The predicted octanol–water partition coefficient (Wildman–Crippen LogP) is 3.99. The van der Waals surface area contributed by atoms with E-state index in [2.05, 4.69) is 10.2 Å². The van der Waals surface area contributed by atoms with E-state index in [0.717, 1.165) is 6.08 Å². The van der Waals surface area contributed by atoms with Crippen molar-refractivity contribution in [2.24, 2.45) is 11.8 Å². The number of aliphatic hydroxyl groups is 2. The topological polar surface area (TPSA) is 167 Å². The van der Waals surface area contributed by atoms with Crippen molar-refractivity contribution in [1.82, 2.24) is 5.32 Å². The molecule has 0 unspecified atom stereocenters. The molecule has 240 valence electrons. The third-order valence-electron chi connectivity index (χ3n) is 6.58. The molecule has 0 spiro atoms. The lowest BCUT2D eigenvalue weighted by atomic mass is 9.89. The van der Waals surface area contributed by atoms with Gasteiger partial charge in [0, 0.05) is 18.8 Å². The number of unbranched alkanes of at least 4 members (excludes halogenated alkanes) is 2. The number of alkyl carbamates (subject to hydrolysis) is 1. The summed E-state index contributed by atoms with van der Waals surface area (Å²) in [5.41, 5.74) is 0. The van der Waals surface area contributed by atoms with Gasteiger partial charge in [-0.15, -0.1) is 10.1 Å². The van der Waals surface area contributed by atoms with Gasteiger partial charge < -0.3 is 34.6 Å². The van der Waals surface area contributed by atoms with Gasteiger partial charge in [-0.1, -0.05) is 36.4 Å². The van der Waals surface area contributed by atoms with Gasteiger partial charge in [0.15, 0.2) is 6.61 Å². The van der Waals surface area contributed by atoms with E-state index in [0.29, 0.717) is 37.9 Å². The first kappa shape index (κ1) is 35.4. The lowest BCUT2D eigenvalue weighted by Crippen LogP contribution is -2.29. The standard InChI is InChI=1S/C29H40F2N2O10/c30-29(31,21-42-22-10-4-3-5-11-22)15-14-24-23(25(34)20-26(24)35)12-6-1-2-7-13-27(36)40-19-16-32-28(37)41-17-8-9-18-43-33(38)39/h1,3-6,10-11,14-15,23-26,34-35H,2,7-9,12-13,16-21H2,(H,32,37)/b6-1+,15-14+/t23-,24-,25+,26-/m1/s1. The van der Waals surface area contributed by atoms with Gasteiger partial charge in [0.1, 0.15) is 12.4 Å². The van der Waals surface area contributed by atoms with Gasteiger partial charge >= 0.3 is 12.1 Å². The molecule has 0 bridgehead atoms. The van der Waals surface area contributed by atoms with Gasteiger partial charge in [0.2, 0.25) is 0 Å². The monoisotopic (exact) mass is 614 g/mol. The second-order valence-corrected chi connectivity index (χ2v) is 9.98. The van der Waals surface area contributed by atoms with E-state index >= 15 is 0 Å². The zero-order valence-corrected chi connectivity index (χ0v) is 23.9. The first-order valence-corrected chi connectivity index (χ1v) is 14.2. The lowest BCUT2D eigenvalue weighted by Gasteiger charge is -2.20. The fourth-order valence-corrected chi connectivity index (χ4v) is 4.39. The minimum atomic E-state index is -3.25. The Labute approximate surface area is 248 Å². The minimum absolute atomic E-state index is 0.0331. The number of alkyl halides is 2.